The van der Waals surface area contributed by atoms with Gasteiger partial charge in [-0.3, -0.25) is 4.98 Å². The van der Waals surface area contributed by atoms with Crippen LogP contribution in [0.1, 0.15) is 37.3 Å². The highest BCUT2D eigenvalue weighted by atomic mass is 16.5. The third-order valence-corrected chi connectivity index (χ3v) is 4.30. The van der Waals surface area contributed by atoms with Gasteiger partial charge in [-0.15, -0.1) is 0 Å². The van der Waals surface area contributed by atoms with Gasteiger partial charge in [0.2, 0.25) is 0 Å². The van der Waals surface area contributed by atoms with Crippen molar-refractivity contribution in [3.05, 3.63) is 18.1 Å². The predicted molar refractivity (Wildman–Crippen MR) is 78.9 cm³/mol. The molecule has 0 saturated carbocycles. The zero-order chi connectivity index (χ0) is 13.6. The first kappa shape index (κ1) is 13.8. The molecule has 5 heteroatoms. The summed E-state index contributed by atoms with van der Waals surface area (Å²) < 4.78 is 5.37. The molecule has 0 radical (unpaired) electrons. The molecule has 110 valence electrons. The second-order valence-corrected chi connectivity index (χ2v) is 5.81. The Kier molecular flexibility index (Phi) is 4.82. The average molecular weight is 276 g/mol. The minimum Gasteiger partial charge on any atom is -0.381 e. The number of rotatable bonds is 4. The summed E-state index contributed by atoms with van der Waals surface area (Å²) in [6.07, 6.45) is 8.55. The van der Waals surface area contributed by atoms with Crippen LogP contribution in [0.15, 0.2) is 12.4 Å². The summed E-state index contributed by atoms with van der Waals surface area (Å²) in [6, 6.07) is 0. The van der Waals surface area contributed by atoms with Crippen molar-refractivity contribution >= 4 is 5.82 Å². The molecule has 0 aliphatic carbocycles. The minimum atomic E-state index is 0.529. The summed E-state index contributed by atoms with van der Waals surface area (Å²) in [4.78, 5) is 9.08. The standard InChI is InChI=1S/C15H24N4O/c1-2-13(9-16-5-1)14-10-19-15(11-17-14)18-8-12-3-6-20-7-4-12/h10-13,16H,1-9H2,(H,18,19). The van der Waals surface area contributed by atoms with Crippen molar-refractivity contribution in [2.24, 2.45) is 5.92 Å². The van der Waals surface area contributed by atoms with Gasteiger partial charge in [0.1, 0.15) is 5.82 Å². The number of anilines is 1. The number of aromatic nitrogens is 2. The van der Waals surface area contributed by atoms with Gasteiger partial charge >= 0.3 is 0 Å². The van der Waals surface area contributed by atoms with Crippen LogP contribution in [0.4, 0.5) is 5.82 Å². The van der Waals surface area contributed by atoms with Crippen LogP contribution in [0.2, 0.25) is 0 Å². The Morgan fingerprint density at radius 2 is 2.10 bits per heavy atom. The lowest BCUT2D eigenvalue weighted by atomic mass is 9.97. The van der Waals surface area contributed by atoms with E-state index in [2.05, 4.69) is 20.6 Å². The van der Waals surface area contributed by atoms with Gasteiger partial charge in [0.15, 0.2) is 0 Å². The normalized spacial score (nSPS) is 24.5. The van der Waals surface area contributed by atoms with Crippen molar-refractivity contribution in [2.75, 3.05) is 38.2 Å². The molecule has 2 N–H and O–H groups in total. The van der Waals surface area contributed by atoms with Crippen molar-refractivity contribution in [3.63, 3.8) is 0 Å². The van der Waals surface area contributed by atoms with Crippen LogP contribution in [0.25, 0.3) is 0 Å². The Hall–Kier alpha value is -1.20. The van der Waals surface area contributed by atoms with Crippen LogP contribution in [0.3, 0.4) is 0 Å². The molecule has 2 saturated heterocycles. The minimum absolute atomic E-state index is 0.529. The number of hydrogen-bond donors (Lipinski definition) is 2. The number of ether oxygens (including phenoxy) is 1. The molecule has 20 heavy (non-hydrogen) atoms. The smallest absolute Gasteiger partial charge is 0.144 e. The first-order valence-electron chi connectivity index (χ1n) is 7.76. The maximum absolute atomic E-state index is 5.37. The maximum atomic E-state index is 5.37. The maximum Gasteiger partial charge on any atom is 0.144 e. The summed E-state index contributed by atoms with van der Waals surface area (Å²) in [6.45, 7) is 4.93. The average Bonchev–Trinajstić information content (AvgIpc) is 2.55. The Balaban J connectivity index is 1.50. The first-order chi connectivity index (χ1) is 9.92. The molecule has 3 heterocycles. The highest BCUT2D eigenvalue weighted by Gasteiger charge is 2.17. The van der Waals surface area contributed by atoms with E-state index >= 15 is 0 Å². The van der Waals surface area contributed by atoms with Crippen molar-refractivity contribution in [2.45, 2.75) is 31.6 Å². The second-order valence-electron chi connectivity index (χ2n) is 5.81. The monoisotopic (exact) mass is 276 g/mol. The zero-order valence-corrected chi connectivity index (χ0v) is 12.0. The van der Waals surface area contributed by atoms with Crippen molar-refractivity contribution in [1.82, 2.24) is 15.3 Å². The van der Waals surface area contributed by atoms with Crippen LogP contribution in [0, 0.1) is 5.92 Å². The van der Waals surface area contributed by atoms with E-state index in [0.717, 1.165) is 57.2 Å². The Bertz CT molecular complexity index is 397. The van der Waals surface area contributed by atoms with E-state index in [1.807, 2.05) is 12.4 Å². The van der Waals surface area contributed by atoms with Gasteiger partial charge in [0, 0.05) is 32.2 Å². The van der Waals surface area contributed by atoms with Crippen LogP contribution < -0.4 is 10.6 Å². The van der Waals surface area contributed by atoms with Crippen molar-refractivity contribution in [1.29, 1.82) is 0 Å². The molecule has 2 fully saturated rings. The molecule has 1 aromatic heterocycles. The number of nitrogens with one attached hydrogen (secondary N) is 2. The van der Waals surface area contributed by atoms with E-state index in [1.165, 1.54) is 12.8 Å². The largest absolute Gasteiger partial charge is 0.381 e. The number of hydrogen-bond acceptors (Lipinski definition) is 5. The van der Waals surface area contributed by atoms with E-state index in [-0.39, 0.29) is 0 Å². The fourth-order valence-corrected chi connectivity index (χ4v) is 2.94. The molecule has 5 nitrogen and oxygen atoms in total. The Morgan fingerprint density at radius 3 is 2.80 bits per heavy atom. The van der Waals surface area contributed by atoms with Crippen LogP contribution in [-0.2, 0) is 4.74 Å². The van der Waals surface area contributed by atoms with E-state index < -0.39 is 0 Å². The van der Waals surface area contributed by atoms with Gasteiger partial charge in [0.05, 0.1) is 18.1 Å². The fourth-order valence-electron chi connectivity index (χ4n) is 2.94. The SMILES string of the molecule is c1nc(C2CCCNC2)cnc1NCC1CCOCC1. The predicted octanol–water partition coefficient (Wildman–Crippen LogP) is 1.78. The topological polar surface area (TPSA) is 59.1 Å². The molecule has 2 aliphatic heterocycles. The van der Waals surface area contributed by atoms with Gasteiger partial charge in [-0.25, -0.2) is 4.98 Å². The van der Waals surface area contributed by atoms with E-state index in [4.69, 9.17) is 4.74 Å². The summed E-state index contributed by atoms with van der Waals surface area (Å²) in [5.74, 6) is 2.12. The van der Waals surface area contributed by atoms with E-state index in [1.54, 1.807) is 0 Å². The summed E-state index contributed by atoms with van der Waals surface area (Å²) in [5.41, 5.74) is 1.12. The summed E-state index contributed by atoms with van der Waals surface area (Å²) in [5, 5.41) is 6.82. The summed E-state index contributed by atoms with van der Waals surface area (Å²) >= 11 is 0. The zero-order valence-electron chi connectivity index (χ0n) is 12.0. The lowest BCUT2D eigenvalue weighted by Crippen LogP contribution is -2.29. The highest BCUT2D eigenvalue weighted by Crippen LogP contribution is 2.21. The lowest BCUT2D eigenvalue weighted by Gasteiger charge is -2.23. The second kappa shape index (κ2) is 6.99. The van der Waals surface area contributed by atoms with Crippen LogP contribution >= 0.6 is 0 Å². The number of piperidine rings is 1. The fraction of sp³-hybridized carbons (Fsp3) is 0.733. The highest BCUT2D eigenvalue weighted by molar-refractivity contribution is 5.31. The van der Waals surface area contributed by atoms with Gasteiger partial charge in [-0.05, 0) is 38.1 Å². The summed E-state index contributed by atoms with van der Waals surface area (Å²) in [7, 11) is 0. The third-order valence-electron chi connectivity index (χ3n) is 4.30. The lowest BCUT2D eigenvalue weighted by molar-refractivity contribution is 0.0699. The molecule has 0 aromatic carbocycles. The Morgan fingerprint density at radius 1 is 1.20 bits per heavy atom. The van der Waals surface area contributed by atoms with Gasteiger partial charge < -0.3 is 15.4 Å². The molecule has 0 spiro atoms. The molecule has 0 bridgehead atoms. The molecule has 1 atom stereocenters. The van der Waals surface area contributed by atoms with Gasteiger partial charge in [-0.1, -0.05) is 0 Å². The molecule has 1 aromatic rings. The molecule has 1 unspecified atom stereocenters. The van der Waals surface area contributed by atoms with Crippen molar-refractivity contribution in [3.8, 4) is 0 Å². The molecular weight excluding hydrogens is 252 g/mol. The van der Waals surface area contributed by atoms with Gasteiger partial charge in [0.25, 0.3) is 0 Å². The quantitative estimate of drug-likeness (QED) is 0.878. The van der Waals surface area contributed by atoms with Gasteiger partial charge in [-0.2, -0.15) is 0 Å². The molecule has 2 aliphatic rings. The van der Waals surface area contributed by atoms with E-state index in [0.29, 0.717) is 11.8 Å². The van der Waals surface area contributed by atoms with Crippen LogP contribution in [-0.4, -0.2) is 42.8 Å². The number of nitrogens with zero attached hydrogens (tertiary/aromatic N) is 2. The molecular formula is C15H24N4O. The van der Waals surface area contributed by atoms with E-state index in [9.17, 15) is 0 Å². The molecule has 0 amide bonds. The Labute approximate surface area is 120 Å². The first-order valence-corrected chi connectivity index (χ1v) is 7.76. The van der Waals surface area contributed by atoms with Crippen LogP contribution in [0.5, 0.6) is 0 Å². The van der Waals surface area contributed by atoms with Crippen molar-refractivity contribution < 1.29 is 4.74 Å². The third kappa shape index (κ3) is 3.67. The molecule has 3 rings (SSSR count).